The minimum absolute atomic E-state index is 0.675. The Morgan fingerprint density at radius 1 is 1.18 bits per heavy atom. The van der Waals surface area contributed by atoms with Crippen LogP contribution in [0.1, 0.15) is 26.7 Å². The quantitative estimate of drug-likeness (QED) is 0.527. The van der Waals surface area contributed by atoms with Crippen molar-refractivity contribution >= 4 is 0 Å². The van der Waals surface area contributed by atoms with Crippen LogP contribution >= 0.6 is 0 Å². The summed E-state index contributed by atoms with van der Waals surface area (Å²) in [6.45, 7) is 9.90. The van der Waals surface area contributed by atoms with Gasteiger partial charge >= 0.3 is 0 Å². The van der Waals surface area contributed by atoms with E-state index in [1.807, 2.05) is 0 Å². The maximum atomic E-state index is 5.38. The summed E-state index contributed by atoms with van der Waals surface area (Å²) in [6, 6.07) is 0.675. The van der Waals surface area contributed by atoms with Crippen molar-refractivity contribution in [3.05, 3.63) is 0 Å². The molecule has 0 heterocycles. The molecule has 17 heavy (non-hydrogen) atoms. The molecule has 1 atom stereocenters. The molecule has 1 N–H and O–H groups in total. The van der Waals surface area contributed by atoms with E-state index in [1.54, 1.807) is 7.11 Å². The predicted molar refractivity (Wildman–Crippen MR) is 72.6 cm³/mol. The topological polar surface area (TPSA) is 33.7 Å². The van der Waals surface area contributed by atoms with Crippen LogP contribution in [-0.2, 0) is 9.47 Å². The molecule has 0 rings (SSSR count). The molecule has 0 aliphatic heterocycles. The molecule has 0 aromatic heterocycles. The highest BCUT2D eigenvalue weighted by molar-refractivity contribution is 4.62. The van der Waals surface area contributed by atoms with Gasteiger partial charge in [0.2, 0.25) is 0 Å². The minimum Gasteiger partial charge on any atom is -0.382 e. The highest BCUT2D eigenvalue weighted by Gasteiger charge is 2.04. The Bertz CT molecular complexity index is 156. The van der Waals surface area contributed by atoms with Crippen molar-refractivity contribution in [1.29, 1.82) is 0 Å². The third kappa shape index (κ3) is 10.7. The second-order valence-electron chi connectivity index (χ2n) is 4.45. The van der Waals surface area contributed by atoms with E-state index in [-0.39, 0.29) is 0 Å². The molecule has 0 spiro atoms. The number of ether oxygens (including phenoxy) is 2. The average molecular weight is 246 g/mol. The highest BCUT2D eigenvalue weighted by Crippen LogP contribution is 1.97. The molecule has 0 aromatic rings. The van der Waals surface area contributed by atoms with E-state index in [4.69, 9.17) is 9.47 Å². The normalized spacial score (nSPS) is 13.2. The van der Waals surface area contributed by atoms with Crippen LogP contribution in [-0.4, -0.2) is 64.6 Å². The summed E-state index contributed by atoms with van der Waals surface area (Å²) in [4.78, 5) is 2.39. The number of nitrogens with one attached hydrogen (secondary N) is 1. The van der Waals surface area contributed by atoms with Gasteiger partial charge in [0.25, 0.3) is 0 Å². The Balaban J connectivity index is 3.13. The lowest BCUT2D eigenvalue weighted by molar-refractivity contribution is 0.0694. The largest absolute Gasteiger partial charge is 0.382 e. The lowest BCUT2D eigenvalue weighted by Crippen LogP contribution is -2.35. The first kappa shape index (κ1) is 16.8. The summed E-state index contributed by atoms with van der Waals surface area (Å²) < 4.78 is 10.3. The van der Waals surface area contributed by atoms with Crippen molar-refractivity contribution in [2.45, 2.75) is 32.7 Å². The summed E-state index contributed by atoms with van der Waals surface area (Å²) in [5.74, 6) is 0. The van der Waals surface area contributed by atoms with Gasteiger partial charge in [0.15, 0.2) is 0 Å². The Morgan fingerprint density at radius 3 is 2.59 bits per heavy atom. The van der Waals surface area contributed by atoms with E-state index < -0.39 is 0 Å². The molecule has 0 saturated heterocycles. The molecule has 0 saturated carbocycles. The lowest BCUT2D eigenvalue weighted by Gasteiger charge is -2.23. The van der Waals surface area contributed by atoms with Crippen LogP contribution in [0.3, 0.4) is 0 Å². The SMILES string of the molecule is CCC(C)N(C)CCNCCCOCCOC. The molecule has 0 aromatic carbocycles. The van der Waals surface area contributed by atoms with Gasteiger partial charge in [-0.1, -0.05) is 6.92 Å². The molecule has 0 fully saturated rings. The number of methoxy groups -OCH3 is 1. The van der Waals surface area contributed by atoms with Crippen molar-refractivity contribution in [1.82, 2.24) is 10.2 Å². The molecule has 0 radical (unpaired) electrons. The standard InChI is InChI=1S/C13H30N2O2/c1-5-13(2)15(3)9-8-14-7-6-10-17-12-11-16-4/h13-14H,5-12H2,1-4H3. The zero-order chi connectivity index (χ0) is 12.9. The summed E-state index contributed by atoms with van der Waals surface area (Å²) in [5.41, 5.74) is 0. The zero-order valence-corrected chi connectivity index (χ0v) is 12.0. The van der Waals surface area contributed by atoms with Gasteiger partial charge in [-0.05, 0) is 33.4 Å². The fourth-order valence-corrected chi connectivity index (χ4v) is 1.46. The smallest absolute Gasteiger partial charge is 0.0700 e. The summed E-state index contributed by atoms with van der Waals surface area (Å²) in [5, 5.41) is 3.43. The molecular formula is C13H30N2O2. The van der Waals surface area contributed by atoms with E-state index in [2.05, 4.69) is 31.1 Å². The maximum Gasteiger partial charge on any atom is 0.0700 e. The summed E-state index contributed by atoms with van der Waals surface area (Å²) >= 11 is 0. The van der Waals surface area contributed by atoms with Crippen molar-refractivity contribution in [2.75, 3.05) is 53.6 Å². The molecule has 1 unspecified atom stereocenters. The van der Waals surface area contributed by atoms with Gasteiger partial charge in [0.05, 0.1) is 13.2 Å². The Hall–Kier alpha value is -0.160. The van der Waals surface area contributed by atoms with Crippen LogP contribution in [0.15, 0.2) is 0 Å². The van der Waals surface area contributed by atoms with Crippen molar-refractivity contribution < 1.29 is 9.47 Å². The van der Waals surface area contributed by atoms with Crippen molar-refractivity contribution in [2.24, 2.45) is 0 Å². The Kier molecular flexibility index (Phi) is 12.2. The molecular weight excluding hydrogens is 216 g/mol. The number of nitrogens with zero attached hydrogens (tertiary/aromatic N) is 1. The van der Waals surface area contributed by atoms with Crippen LogP contribution in [0.25, 0.3) is 0 Å². The first-order valence-corrected chi connectivity index (χ1v) is 6.70. The van der Waals surface area contributed by atoms with Crippen LogP contribution in [0, 0.1) is 0 Å². The molecule has 0 aliphatic carbocycles. The predicted octanol–water partition coefficient (Wildman–Crippen LogP) is 1.36. The minimum atomic E-state index is 0.675. The van der Waals surface area contributed by atoms with E-state index >= 15 is 0 Å². The monoisotopic (exact) mass is 246 g/mol. The van der Waals surface area contributed by atoms with E-state index in [9.17, 15) is 0 Å². The third-order valence-corrected chi connectivity index (χ3v) is 3.06. The fraction of sp³-hybridized carbons (Fsp3) is 1.00. The number of hydrogen-bond donors (Lipinski definition) is 1. The van der Waals surface area contributed by atoms with E-state index in [1.165, 1.54) is 6.42 Å². The highest BCUT2D eigenvalue weighted by atomic mass is 16.5. The molecule has 0 aliphatic rings. The number of likely N-dealkylation sites (N-methyl/N-ethyl adjacent to an activating group) is 1. The average Bonchev–Trinajstić information content (AvgIpc) is 2.35. The van der Waals surface area contributed by atoms with Gasteiger partial charge in [-0.15, -0.1) is 0 Å². The summed E-state index contributed by atoms with van der Waals surface area (Å²) in [7, 11) is 3.88. The van der Waals surface area contributed by atoms with Crippen LogP contribution in [0.4, 0.5) is 0 Å². The Labute approximate surface area is 107 Å². The first-order valence-electron chi connectivity index (χ1n) is 6.70. The van der Waals surface area contributed by atoms with Gasteiger partial charge in [0, 0.05) is 32.8 Å². The second-order valence-corrected chi connectivity index (χ2v) is 4.45. The zero-order valence-electron chi connectivity index (χ0n) is 12.0. The van der Waals surface area contributed by atoms with Crippen LogP contribution in [0.2, 0.25) is 0 Å². The lowest BCUT2D eigenvalue weighted by atomic mass is 10.2. The fourth-order valence-electron chi connectivity index (χ4n) is 1.46. The molecule has 104 valence electrons. The van der Waals surface area contributed by atoms with Gasteiger partial charge in [-0.25, -0.2) is 0 Å². The van der Waals surface area contributed by atoms with Gasteiger partial charge < -0.3 is 19.7 Å². The second kappa shape index (κ2) is 12.3. The van der Waals surface area contributed by atoms with Crippen molar-refractivity contribution in [3.63, 3.8) is 0 Å². The van der Waals surface area contributed by atoms with Gasteiger partial charge in [-0.2, -0.15) is 0 Å². The molecule has 0 amide bonds. The molecule has 4 nitrogen and oxygen atoms in total. The van der Waals surface area contributed by atoms with Gasteiger partial charge in [-0.3, -0.25) is 0 Å². The van der Waals surface area contributed by atoms with E-state index in [0.29, 0.717) is 19.3 Å². The van der Waals surface area contributed by atoms with Crippen LogP contribution in [0.5, 0.6) is 0 Å². The van der Waals surface area contributed by atoms with Crippen molar-refractivity contribution in [3.8, 4) is 0 Å². The Morgan fingerprint density at radius 2 is 1.94 bits per heavy atom. The molecule has 4 heteroatoms. The maximum absolute atomic E-state index is 5.38. The number of rotatable bonds is 12. The van der Waals surface area contributed by atoms with Gasteiger partial charge in [0.1, 0.15) is 0 Å². The molecule has 0 bridgehead atoms. The number of hydrogen-bond acceptors (Lipinski definition) is 4. The summed E-state index contributed by atoms with van der Waals surface area (Å²) in [6.07, 6.45) is 2.28. The van der Waals surface area contributed by atoms with Crippen LogP contribution < -0.4 is 5.32 Å². The first-order chi connectivity index (χ1) is 8.22. The third-order valence-electron chi connectivity index (χ3n) is 3.06. The van der Waals surface area contributed by atoms with E-state index in [0.717, 1.165) is 32.7 Å².